The minimum Gasteiger partial charge on any atom is -0.480 e. The Morgan fingerprint density at radius 3 is 2.38 bits per heavy atom. The molecule has 8 nitrogen and oxygen atoms in total. The fraction of sp³-hybridized carbons (Fsp3) is 0.417. The highest BCUT2D eigenvalue weighted by molar-refractivity contribution is 7.89. The first-order chi connectivity index (χ1) is 9.45. The number of aliphatic carboxylic acids is 1. The molecule has 0 unspecified atom stereocenters. The van der Waals surface area contributed by atoms with Gasteiger partial charge in [-0.05, 0) is 11.5 Å². The van der Waals surface area contributed by atoms with Crippen molar-refractivity contribution in [3.63, 3.8) is 0 Å². The van der Waals surface area contributed by atoms with Gasteiger partial charge in [-0.25, -0.2) is 8.42 Å². The van der Waals surface area contributed by atoms with E-state index in [1.165, 1.54) is 6.07 Å². The van der Waals surface area contributed by atoms with Crippen LogP contribution in [-0.4, -0.2) is 30.5 Å². The number of nitrogens with zero attached hydrogens (tertiary/aromatic N) is 1. The van der Waals surface area contributed by atoms with Gasteiger partial charge in [0.05, 0.1) is 9.82 Å². The van der Waals surface area contributed by atoms with Crippen molar-refractivity contribution < 1.29 is 23.2 Å². The number of hydrogen-bond donors (Lipinski definition) is 2. The van der Waals surface area contributed by atoms with E-state index < -0.39 is 32.4 Å². The van der Waals surface area contributed by atoms with E-state index in [2.05, 4.69) is 4.72 Å². The van der Waals surface area contributed by atoms with Gasteiger partial charge in [-0.3, -0.25) is 14.9 Å². The van der Waals surface area contributed by atoms with Gasteiger partial charge in [0.15, 0.2) is 0 Å². The first-order valence-corrected chi connectivity index (χ1v) is 7.43. The second kappa shape index (κ2) is 5.78. The molecule has 0 saturated carbocycles. The topological polar surface area (TPSA) is 127 Å². The molecule has 0 bridgehead atoms. The number of rotatable bonds is 5. The molecule has 0 aromatic heterocycles. The average Bonchev–Trinajstić information content (AvgIpc) is 2.34. The summed E-state index contributed by atoms with van der Waals surface area (Å²) >= 11 is 0. The lowest BCUT2D eigenvalue weighted by atomic mass is 9.88. The van der Waals surface area contributed by atoms with Gasteiger partial charge < -0.3 is 5.11 Å². The number of carbonyl (C=O) groups is 1. The Labute approximate surface area is 122 Å². The number of hydrogen-bond acceptors (Lipinski definition) is 5. The zero-order valence-corrected chi connectivity index (χ0v) is 12.5. The van der Waals surface area contributed by atoms with E-state index in [-0.39, 0.29) is 10.6 Å². The summed E-state index contributed by atoms with van der Waals surface area (Å²) in [6.07, 6.45) is 0. The van der Waals surface area contributed by atoms with Gasteiger partial charge in [0.25, 0.3) is 5.69 Å². The first kappa shape index (κ1) is 17.1. The fourth-order valence-corrected chi connectivity index (χ4v) is 3.02. The number of nitro groups is 1. The molecule has 0 aliphatic rings. The summed E-state index contributed by atoms with van der Waals surface area (Å²) in [5.41, 5.74) is -1.25. The maximum absolute atomic E-state index is 12.2. The van der Waals surface area contributed by atoms with Crippen molar-refractivity contribution in [1.82, 2.24) is 4.72 Å². The van der Waals surface area contributed by atoms with Gasteiger partial charge in [-0.15, -0.1) is 0 Å². The smallest absolute Gasteiger partial charge is 0.322 e. The van der Waals surface area contributed by atoms with Crippen molar-refractivity contribution in [2.24, 2.45) is 5.41 Å². The Morgan fingerprint density at radius 1 is 1.38 bits per heavy atom. The van der Waals surface area contributed by atoms with Crippen LogP contribution in [0.3, 0.4) is 0 Å². The average molecular weight is 316 g/mol. The van der Waals surface area contributed by atoms with E-state index in [9.17, 15) is 23.3 Å². The molecule has 0 aliphatic carbocycles. The van der Waals surface area contributed by atoms with Crippen molar-refractivity contribution in [3.8, 4) is 0 Å². The number of non-ortho nitro benzene ring substituents is 1. The van der Waals surface area contributed by atoms with Gasteiger partial charge in [0, 0.05) is 12.1 Å². The third kappa shape index (κ3) is 4.23. The number of carboxylic acids is 1. The molecule has 1 rings (SSSR count). The van der Waals surface area contributed by atoms with Crippen molar-refractivity contribution in [2.75, 3.05) is 0 Å². The van der Waals surface area contributed by atoms with Crippen molar-refractivity contribution in [2.45, 2.75) is 31.7 Å². The zero-order valence-electron chi connectivity index (χ0n) is 11.7. The van der Waals surface area contributed by atoms with Crippen LogP contribution in [0, 0.1) is 15.5 Å². The third-order valence-electron chi connectivity index (χ3n) is 2.72. The Balaban J connectivity index is 3.20. The summed E-state index contributed by atoms with van der Waals surface area (Å²) in [6, 6.07) is 3.06. The third-order valence-corrected chi connectivity index (χ3v) is 4.15. The van der Waals surface area contributed by atoms with Gasteiger partial charge in [-0.2, -0.15) is 4.72 Å². The van der Waals surface area contributed by atoms with Crippen LogP contribution in [-0.2, 0) is 14.8 Å². The highest BCUT2D eigenvalue weighted by atomic mass is 32.2. The largest absolute Gasteiger partial charge is 0.480 e. The Hall–Kier alpha value is -2.00. The molecule has 0 fully saturated rings. The van der Waals surface area contributed by atoms with Gasteiger partial charge in [0.1, 0.15) is 6.04 Å². The van der Waals surface area contributed by atoms with Crippen LogP contribution in [0.4, 0.5) is 5.69 Å². The van der Waals surface area contributed by atoms with Crippen LogP contribution < -0.4 is 4.72 Å². The van der Waals surface area contributed by atoms with E-state index in [0.717, 1.165) is 18.2 Å². The molecule has 9 heteroatoms. The number of benzene rings is 1. The zero-order chi connectivity index (χ0) is 16.4. The van der Waals surface area contributed by atoms with Crippen molar-refractivity contribution in [3.05, 3.63) is 34.4 Å². The van der Waals surface area contributed by atoms with E-state index in [1.807, 2.05) is 0 Å². The first-order valence-electron chi connectivity index (χ1n) is 5.95. The molecule has 1 aromatic rings. The highest BCUT2D eigenvalue weighted by Gasteiger charge is 2.35. The van der Waals surface area contributed by atoms with E-state index in [0.29, 0.717) is 0 Å². The molecular weight excluding hydrogens is 300 g/mol. The molecule has 21 heavy (non-hydrogen) atoms. The van der Waals surface area contributed by atoms with Gasteiger partial charge in [0.2, 0.25) is 10.0 Å². The molecule has 0 radical (unpaired) electrons. The number of nitrogens with one attached hydrogen (secondary N) is 1. The van der Waals surface area contributed by atoms with Crippen LogP contribution in [0.15, 0.2) is 29.2 Å². The molecule has 0 spiro atoms. The fourth-order valence-electron chi connectivity index (χ4n) is 1.59. The predicted molar refractivity (Wildman–Crippen MR) is 74.3 cm³/mol. The summed E-state index contributed by atoms with van der Waals surface area (Å²) in [5.74, 6) is -1.32. The minimum absolute atomic E-state index is 0.354. The summed E-state index contributed by atoms with van der Waals surface area (Å²) < 4.78 is 26.4. The van der Waals surface area contributed by atoms with Gasteiger partial charge in [-0.1, -0.05) is 26.8 Å². The quantitative estimate of drug-likeness (QED) is 0.624. The van der Waals surface area contributed by atoms with Crippen molar-refractivity contribution in [1.29, 1.82) is 0 Å². The monoisotopic (exact) mass is 316 g/mol. The molecule has 1 atom stereocenters. The number of nitro benzene ring substituents is 1. The molecule has 0 saturated heterocycles. The predicted octanol–water partition coefficient (Wildman–Crippen LogP) is 1.37. The molecule has 1 aromatic carbocycles. The maximum atomic E-state index is 12.2. The Bertz CT molecular complexity index is 663. The van der Waals surface area contributed by atoms with E-state index >= 15 is 0 Å². The lowest BCUT2D eigenvalue weighted by Gasteiger charge is -2.27. The van der Waals surface area contributed by atoms with Gasteiger partial charge >= 0.3 is 5.97 Å². The Kier molecular flexibility index (Phi) is 4.69. The standard InChI is InChI=1S/C12H16N2O6S/c1-12(2,3)10(11(15)16)13-21(19,20)9-6-4-5-8(7-9)14(17)18/h4-7,10,13H,1-3H3,(H,15,16)/t10-/m1/s1. The summed E-state index contributed by atoms with van der Waals surface area (Å²) in [6.45, 7) is 4.71. The molecular formula is C12H16N2O6S. The van der Waals surface area contributed by atoms with Crippen molar-refractivity contribution >= 4 is 21.7 Å². The summed E-state index contributed by atoms with van der Waals surface area (Å²) in [5, 5.41) is 19.8. The number of sulfonamides is 1. The molecule has 116 valence electrons. The molecule has 0 amide bonds. The normalized spacial score (nSPS) is 13.7. The molecule has 2 N–H and O–H groups in total. The SMILES string of the molecule is CC(C)(C)[C@H](NS(=O)(=O)c1cccc([N+](=O)[O-])c1)C(=O)O. The second-order valence-corrected chi connectivity index (χ2v) is 7.23. The lowest BCUT2D eigenvalue weighted by Crippen LogP contribution is -2.48. The molecule has 0 aliphatic heterocycles. The molecule has 0 heterocycles. The number of carboxylic acid groups (broad SMARTS) is 1. The van der Waals surface area contributed by atoms with Crippen LogP contribution in [0.5, 0.6) is 0 Å². The van der Waals surface area contributed by atoms with Crippen LogP contribution in [0.25, 0.3) is 0 Å². The van der Waals surface area contributed by atoms with Crippen LogP contribution in [0.1, 0.15) is 20.8 Å². The van der Waals surface area contributed by atoms with E-state index in [1.54, 1.807) is 20.8 Å². The van der Waals surface area contributed by atoms with Crippen LogP contribution >= 0.6 is 0 Å². The second-order valence-electron chi connectivity index (χ2n) is 5.51. The van der Waals surface area contributed by atoms with E-state index in [4.69, 9.17) is 5.11 Å². The Morgan fingerprint density at radius 2 is 1.95 bits per heavy atom. The summed E-state index contributed by atoms with van der Waals surface area (Å²) in [4.78, 5) is 20.8. The maximum Gasteiger partial charge on any atom is 0.322 e. The van der Waals surface area contributed by atoms with Crippen LogP contribution in [0.2, 0.25) is 0 Å². The highest BCUT2D eigenvalue weighted by Crippen LogP contribution is 2.23. The lowest BCUT2D eigenvalue weighted by molar-refractivity contribution is -0.385. The summed E-state index contributed by atoms with van der Waals surface area (Å²) in [7, 11) is -4.18. The minimum atomic E-state index is -4.18.